The average molecular weight is 327 g/mol. The molecule has 2 aromatic rings. The molecule has 0 aliphatic heterocycles. The maximum atomic E-state index is 11.9. The van der Waals surface area contributed by atoms with E-state index in [2.05, 4.69) is 15.8 Å². The lowest BCUT2D eigenvalue weighted by Crippen LogP contribution is -2.24. The van der Waals surface area contributed by atoms with Crippen molar-refractivity contribution in [1.82, 2.24) is 5.43 Å². The Morgan fingerprint density at radius 1 is 1.08 bits per heavy atom. The number of carbonyl (C=O) groups is 1. The summed E-state index contributed by atoms with van der Waals surface area (Å²) in [7, 11) is 3.18. The second-order valence-electron chi connectivity index (χ2n) is 5.15. The molecule has 0 aromatic heterocycles. The smallest absolute Gasteiger partial charge is 0.339 e. The van der Waals surface area contributed by atoms with Gasteiger partial charge in [-0.25, -0.2) is 10.2 Å². The number of methoxy groups -OCH3 is 2. The molecule has 6 heteroatoms. The van der Waals surface area contributed by atoms with Gasteiger partial charge in [0.15, 0.2) is 0 Å². The summed E-state index contributed by atoms with van der Waals surface area (Å²) >= 11 is 0. The topological polar surface area (TPSA) is 72.0 Å². The molecular formula is C18H21N3O3. The summed E-state index contributed by atoms with van der Waals surface area (Å²) in [4.78, 5) is 11.9. The Labute approximate surface area is 141 Å². The molecule has 0 saturated heterocycles. The molecule has 0 radical (unpaired) electrons. The lowest BCUT2D eigenvalue weighted by Gasteiger charge is -2.12. The van der Waals surface area contributed by atoms with Gasteiger partial charge in [-0.1, -0.05) is 18.2 Å². The van der Waals surface area contributed by atoms with Gasteiger partial charge in [0, 0.05) is 16.8 Å². The molecule has 0 fully saturated rings. The number of hydrogen-bond acceptors (Lipinski definition) is 4. The van der Waals surface area contributed by atoms with Gasteiger partial charge < -0.3 is 14.8 Å². The molecular weight excluding hydrogens is 306 g/mol. The molecule has 0 saturated carbocycles. The van der Waals surface area contributed by atoms with Crippen LogP contribution in [0, 0.1) is 13.8 Å². The number of para-hydroxylation sites is 1. The van der Waals surface area contributed by atoms with Crippen LogP contribution >= 0.6 is 0 Å². The van der Waals surface area contributed by atoms with Crippen LogP contribution < -0.4 is 20.2 Å². The highest BCUT2D eigenvalue weighted by atomic mass is 16.5. The van der Waals surface area contributed by atoms with E-state index in [0.717, 1.165) is 28.1 Å². The number of ether oxygens (including phenoxy) is 2. The lowest BCUT2D eigenvalue weighted by atomic mass is 10.1. The fraction of sp³-hybridized carbons (Fsp3) is 0.222. The van der Waals surface area contributed by atoms with Crippen LogP contribution in [0.5, 0.6) is 11.5 Å². The highest BCUT2D eigenvalue weighted by Crippen LogP contribution is 2.30. The quantitative estimate of drug-likeness (QED) is 0.652. The molecule has 24 heavy (non-hydrogen) atoms. The van der Waals surface area contributed by atoms with Crippen LogP contribution in [-0.2, 0) is 0 Å². The summed E-state index contributed by atoms with van der Waals surface area (Å²) in [5, 5.41) is 6.70. The van der Waals surface area contributed by atoms with E-state index in [9.17, 15) is 4.79 Å². The van der Waals surface area contributed by atoms with E-state index in [1.165, 1.54) is 6.21 Å². The number of carbonyl (C=O) groups excluding carboxylic acids is 1. The second kappa shape index (κ2) is 8.01. The first-order valence-corrected chi connectivity index (χ1v) is 7.44. The molecule has 2 N–H and O–H groups in total. The second-order valence-corrected chi connectivity index (χ2v) is 5.15. The molecule has 6 nitrogen and oxygen atoms in total. The van der Waals surface area contributed by atoms with Crippen molar-refractivity contribution in [1.29, 1.82) is 0 Å². The Bertz CT molecular complexity index is 757. The first-order chi connectivity index (χ1) is 11.6. The zero-order chi connectivity index (χ0) is 17.5. The van der Waals surface area contributed by atoms with Crippen molar-refractivity contribution in [3.63, 3.8) is 0 Å². The number of anilines is 1. The maximum Gasteiger partial charge on any atom is 0.339 e. The normalized spacial score (nSPS) is 10.5. The summed E-state index contributed by atoms with van der Waals surface area (Å²) in [6, 6.07) is 10.7. The van der Waals surface area contributed by atoms with Gasteiger partial charge in [0.05, 0.1) is 20.4 Å². The van der Waals surface area contributed by atoms with Crippen LogP contribution in [0.1, 0.15) is 16.7 Å². The third-order valence-electron chi connectivity index (χ3n) is 3.57. The number of amides is 2. The molecule has 0 spiro atoms. The molecule has 2 aromatic carbocycles. The van der Waals surface area contributed by atoms with Crippen molar-refractivity contribution in [3.05, 3.63) is 53.1 Å². The first kappa shape index (κ1) is 17.3. The van der Waals surface area contributed by atoms with Gasteiger partial charge in [0.1, 0.15) is 11.5 Å². The largest absolute Gasteiger partial charge is 0.496 e. The number of aryl methyl sites for hydroxylation is 1. The molecule has 0 atom stereocenters. The van der Waals surface area contributed by atoms with E-state index in [1.54, 1.807) is 14.2 Å². The van der Waals surface area contributed by atoms with Gasteiger partial charge in [-0.05, 0) is 37.6 Å². The molecule has 0 heterocycles. The highest BCUT2D eigenvalue weighted by Gasteiger charge is 2.09. The Balaban J connectivity index is 2.05. The minimum absolute atomic E-state index is 0.412. The summed E-state index contributed by atoms with van der Waals surface area (Å²) in [6.07, 6.45) is 1.53. The molecule has 0 aliphatic rings. The SMILES string of the molecule is COc1ccc(C=NNC(=O)Nc2ccccc2C)c(OC)c1C. The van der Waals surface area contributed by atoms with Gasteiger partial charge in [0.25, 0.3) is 0 Å². The van der Waals surface area contributed by atoms with E-state index in [1.807, 2.05) is 50.2 Å². The minimum atomic E-state index is -0.412. The van der Waals surface area contributed by atoms with E-state index in [4.69, 9.17) is 9.47 Å². The highest BCUT2D eigenvalue weighted by molar-refractivity contribution is 5.91. The number of hydrazone groups is 1. The van der Waals surface area contributed by atoms with Crippen molar-refractivity contribution in [2.45, 2.75) is 13.8 Å². The minimum Gasteiger partial charge on any atom is -0.496 e. The van der Waals surface area contributed by atoms with Crippen molar-refractivity contribution in [2.75, 3.05) is 19.5 Å². The Kier molecular flexibility index (Phi) is 5.78. The maximum absolute atomic E-state index is 11.9. The van der Waals surface area contributed by atoms with Gasteiger partial charge in [-0.15, -0.1) is 0 Å². The number of hydrogen-bond donors (Lipinski definition) is 2. The molecule has 0 aliphatic carbocycles. The lowest BCUT2D eigenvalue weighted by molar-refractivity contribution is 0.252. The van der Waals surface area contributed by atoms with Gasteiger partial charge >= 0.3 is 6.03 Å². The molecule has 126 valence electrons. The van der Waals surface area contributed by atoms with Gasteiger partial charge in [-0.3, -0.25) is 0 Å². The van der Waals surface area contributed by atoms with Crippen LogP contribution in [0.2, 0.25) is 0 Å². The van der Waals surface area contributed by atoms with Gasteiger partial charge in [-0.2, -0.15) is 5.10 Å². The number of benzene rings is 2. The third kappa shape index (κ3) is 4.04. The molecule has 0 unspecified atom stereocenters. The van der Waals surface area contributed by atoms with Crippen LogP contribution in [0.4, 0.5) is 10.5 Å². The Morgan fingerprint density at radius 3 is 2.50 bits per heavy atom. The van der Waals surface area contributed by atoms with Crippen molar-refractivity contribution in [3.8, 4) is 11.5 Å². The standard InChI is InChI=1S/C18H21N3O3/c1-12-7-5-6-8-15(12)20-18(22)21-19-11-14-9-10-16(23-3)13(2)17(14)24-4/h5-11H,1-4H3,(H2,20,21,22). The number of nitrogens with zero attached hydrogens (tertiary/aromatic N) is 1. The fourth-order valence-electron chi connectivity index (χ4n) is 2.31. The number of rotatable bonds is 5. The summed E-state index contributed by atoms with van der Waals surface area (Å²) in [6.45, 7) is 3.82. The fourth-order valence-corrected chi connectivity index (χ4v) is 2.31. The first-order valence-electron chi connectivity index (χ1n) is 7.44. The average Bonchev–Trinajstić information content (AvgIpc) is 2.57. The summed E-state index contributed by atoms with van der Waals surface area (Å²) in [5.74, 6) is 1.38. The zero-order valence-electron chi connectivity index (χ0n) is 14.2. The molecule has 2 rings (SSSR count). The van der Waals surface area contributed by atoms with Gasteiger partial charge in [0.2, 0.25) is 0 Å². The summed E-state index contributed by atoms with van der Waals surface area (Å²) in [5.41, 5.74) is 5.77. The van der Waals surface area contributed by atoms with E-state index in [0.29, 0.717) is 5.75 Å². The predicted octanol–water partition coefficient (Wildman–Crippen LogP) is 3.48. The van der Waals surface area contributed by atoms with Crippen molar-refractivity contribution >= 4 is 17.9 Å². The van der Waals surface area contributed by atoms with Crippen LogP contribution in [0.25, 0.3) is 0 Å². The van der Waals surface area contributed by atoms with E-state index in [-0.39, 0.29) is 0 Å². The van der Waals surface area contributed by atoms with Crippen molar-refractivity contribution in [2.24, 2.45) is 5.10 Å². The van der Waals surface area contributed by atoms with E-state index >= 15 is 0 Å². The third-order valence-corrected chi connectivity index (χ3v) is 3.57. The molecule has 2 amide bonds. The monoisotopic (exact) mass is 327 g/mol. The van der Waals surface area contributed by atoms with Crippen molar-refractivity contribution < 1.29 is 14.3 Å². The summed E-state index contributed by atoms with van der Waals surface area (Å²) < 4.78 is 10.6. The molecule has 0 bridgehead atoms. The predicted molar refractivity (Wildman–Crippen MR) is 95.2 cm³/mol. The number of nitrogens with one attached hydrogen (secondary N) is 2. The zero-order valence-corrected chi connectivity index (χ0v) is 14.2. The van der Waals surface area contributed by atoms with Crippen LogP contribution in [0.3, 0.4) is 0 Å². The van der Waals surface area contributed by atoms with Crippen LogP contribution in [-0.4, -0.2) is 26.5 Å². The Morgan fingerprint density at radius 2 is 1.83 bits per heavy atom. The Hall–Kier alpha value is -3.02. The van der Waals surface area contributed by atoms with Crippen LogP contribution in [0.15, 0.2) is 41.5 Å². The van der Waals surface area contributed by atoms with E-state index < -0.39 is 6.03 Å². The number of urea groups is 1.